The van der Waals surface area contributed by atoms with Crippen LogP contribution in [-0.4, -0.2) is 49.5 Å². The monoisotopic (exact) mass is 277 g/mol. The van der Waals surface area contributed by atoms with E-state index >= 15 is 0 Å². The van der Waals surface area contributed by atoms with E-state index in [9.17, 15) is 5.11 Å². The molecule has 110 valence electrons. The van der Waals surface area contributed by atoms with Crippen LogP contribution in [0.4, 0.5) is 0 Å². The molecule has 0 aromatic heterocycles. The first kappa shape index (κ1) is 18.2. The molecule has 1 atom stereocenters. The minimum atomic E-state index is -0.364. The second-order valence-corrected chi connectivity index (χ2v) is 5.68. The summed E-state index contributed by atoms with van der Waals surface area (Å²) < 4.78 is 5.44. The van der Waals surface area contributed by atoms with Crippen molar-refractivity contribution in [2.45, 2.75) is 51.6 Å². The highest BCUT2D eigenvalue weighted by atomic mass is 32.2. The molecule has 0 radical (unpaired) electrons. The molecule has 0 saturated carbocycles. The fourth-order valence-corrected chi connectivity index (χ4v) is 2.17. The number of rotatable bonds is 14. The summed E-state index contributed by atoms with van der Waals surface area (Å²) in [5, 5.41) is 12.9. The second kappa shape index (κ2) is 15.3. The molecule has 0 spiro atoms. The maximum absolute atomic E-state index is 9.66. The van der Waals surface area contributed by atoms with Gasteiger partial charge >= 0.3 is 0 Å². The van der Waals surface area contributed by atoms with Gasteiger partial charge in [0, 0.05) is 13.2 Å². The van der Waals surface area contributed by atoms with Crippen LogP contribution >= 0.6 is 11.8 Å². The van der Waals surface area contributed by atoms with Gasteiger partial charge in [-0.25, -0.2) is 0 Å². The predicted octanol–water partition coefficient (Wildman–Crippen LogP) is 2.68. The topological polar surface area (TPSA) is 41.5 Å². The van der Waals surface area contributed by atoms with Gasteiger partial charge in [-0.15, -0.1) is 0 Å². The summed E-state index contributed by atoms with van der Waals surface area (Å²) in [7, 11) is 0. The molecular formula is C14H31NO2S. The van der Waals surface area contributed by atoms with Crippen LogP contribution in [-0.2, 0) is 4.74 Å². The van der Waals surface area contributed by atoms with E-state index < -0.39 is 0 Å². The standard InChI is InChI=1S/C14H31NO2S/c1-3-4-5-7-10-17-13-14(16)12-15-9-6-8-11-18-2/h14-16H,3-13H2,1-2H3. The fourth-order valence-electron chi connectivity index (χ4n) is 1.67. The first-order valence-corrected chi connectivity index (χ1v) is 8.66. The molecule has 0 saturated heterocycles. The lowest BCUT2D eigenvalue weighted by Gasteiger charge is -2.12. The average Bonchev–Trinajstić information content (AvgIpc) is 2.38. The molecule has 0 bridgehead atoms. The Morgan fingerprint density at radius 2 is 2.00 bits per heavy atom. The van der Waals surface area contributed by atoms with Crippen LogP contribution in [0, 0.1) is 0 Å². The molecule has 0 aromatic carbocycles. The molecule has 0 rings (SSSR count). The lowest BCUT2D eigenvalue weighted by Crippen LogP contribution is -2.31. The van der Waals surface area contributed by atoms with Gasteiger partial charge in [0.2, 0.25) is 0 Å². The third-order valence-corrected chi connectivity index (χ3v) is 3.48. The first-order valence-electron chi connectivity index (χ1n) is 7.26. The first-order chi connectivity index (χ1) is 8.81. The van der Waals surface area contributed by atoms with Crippen LogP contribution in [0.5, 0.6) is 0 Å². The number of ether oxygens (including phenoxy) is 1. The SMILES string of the molecule is CCCCCCOCC(O)CNCCCCSC. The molecule has 0 aliphatic heterocycles. The van der Waals surface area contributed by atoms with Crippen molar-refractivity contribution < 1.29 is 9.84 Å². The van der Waals surface area contributed by atoms with Gasteiger partial charge in [0.25, 0.3) is 0 Å². The third kappa shape index (κ3) is 14.3. The lowest BCUT2D eigenvalue weighted by molar-refractivity contribution is 0.0355. The molecule has 0 amide bonds. The summed E-state index contributed by atoms with van der Waals surface area (Å²) in [6, 6.07) is 0. The fraction of sp³-hybridized carbons (Fsp3) is 1.00. The minimum absolute atomic E-state index is 0.364. The van der Waals surface area contributed by atoms with E-state index in [-0.39, 0.29) is 6.10 Å². The molecule has 3 nitrogen and oxygen atoms in total. The summed E-state index contributed by atoms with van der Waals surface area (Å²) in [6.07, 6.45) is 9.09. The zero-order valence-electron chi connectivity index (χ0n) is 12.1. The molecular weight excluding hydrogens is 246 g/mol. The number of nitrogens with one attached hydrogen (secondary N) is 1. The molecule has 0 aromatic rings. The van der Waals surface area contributed by atoms with Gasteiger partial charge in [0.05, 0.1) is 12.7 Å². The van der Waals surface area contributed by atoms with Crippen LogP contribution in [0.15, 0.2) is 0 Å². The van der Waals surface area contributed by atoms with Crippen molar-refractivity contribution >= 4 is 11.8 Å². The molecule has 0 aliphatic rings. The van der Waals surface area contributed by atoms with Crippen molar-refractivity contribution in [2.24, 2.45) is 0 Å². The zero-order chi connectivity index (χ0) is 13.5. The van der Waals surface area contributed by atoms with Crippen molar-refractivity contribution in [1.29, 1.82) is 0 Å². The highest BCUT2D eigenvalue weighted by Gasteiger charge is 2.02. The normalized spacial score (nSPS) is 12.8. The largest absolute Gasteiger partial charge is 0.389 e. The summed E-state index contributed by atoms with van der Waals surface area (Å²) in [6.45, 7) is 5.09. The highest BCUT2D eigenvalue weighted by molar-refractivity contribution is 7.98. The summed E-state index contributed by atoms with van der Waals surface area (Å²) in [4.78, 5) is 0. The van der Waals surface area contributed by atoms with Crippen molar-refractivity contribution in [2.75, 3.05) is 38.3 Å². The van der Waals surface area contributed by atoms with Gasteiger partial charge in [0.15, 0.2) is 0 Å². The van der Waals surface area contributed by atoms with E-state index in [1.807, 2.05) is 11.8 Å². The van der Waals surface area contributed by atoms with E-state index in [2.05, 4.69) is 18.5 Å². The van der Waals surface area contributed by atoms with E-state index in [4.69, 9.17) is 4.74 Å². The van der Waals surface area contributed by atoms with Crippen molar-refractivity contribution in [3.8, 4) is 0 Å². The molecule has 2 N–H and O–H groups in total. The average molecular weight is 277 g/mol. The van der Waals surface area contributed by atoms with E-state index in [0.29, 0.717) is 13.2 Å². The van der Waals surface area contributed by atoms with Crippen LogP contribution in [0.2, 0.25) is 0 Å². The van der Waals surface area contributed by atoms with Crippen molar-refractivity contribution in [3.05, 3.63) is 0 Å². The number of unbranched alkanes of at least 4 members (excludes halogenated alkanes) is 4. The van der Waals surface area contributed by atoms with E-state index in [1.165, 1.54) is 37.9 Å². The highest BCUT2D eigenvalue weighted by Crippen LogP contribution is 1.99. The molecule has 0 fully saturated rings. The summed E-state index contributed by atoms with van der Waals surface area (Å²) in [5.74, 6) is 1.23. The smallest absolute Gasteiger partial charge is 0.0897 e. The maximum Gasteiger partial charge on any atom is 0.0897 e. The molecule has 18 heavy (non-hydrogen) atoms. The number of aliphatic hydroxyl groups is 1. The minimum Gasteiger partial charge on any atom is -0.389 e. The van der Waals surface area contributed by atoms with E-state index in [1.54, 1.807) is 0 Å². The molecule has 0 heterocycles. The Balaban J connectivity index is 3.10. The lowest BCUT2D eigenvalue weighted by atomic mass is 10.2. The number of hydrogen-bond donors (Lipinski definition) is 2. The van der Waals surface area contributed by atoms with Crippen LogP contribution in [0.1, 0.15) is 45.4 Å². The van der Waals surface area contributed by atoms with Crippen LogP contribution < -0.4 is 5.32 Å². The summed E-state index contributed by atoms with van der Waals surface area (Å²) >= 11 is 1.89. The zero-order valence-corrected chi connectivity index (χ0v) is 12.9. The van der Waals surface area contributed by atoms with E-state index in [0.717, 1.165) is 19.6 Å². The summed E-state index contributed by atoms with van der Waals surface area (Å²) in [5.41, 5.74) is 0. The van der Waals surface area contributed by atoms with Crippen LogP contribution in [0.25, 0.3) is 0 Å². The predicted molar refractivity (Wildman–Crippen MR) is 81.5 cm³/mol. The Bertz CT molecular complexity index is 143. The quantitative estimate of drug-likeness (QED) is 0.479. The van der Waals surface area contributed by atoms with Gasteiger partial charge in [0.1, 0.15) is 0 Å². The Kier molecular flexibility index (Phi) is 15.5. The number of hydrogen-bond acceptors (Lipinski definition) is 4. The van der Waals surface area contributed by atoms with Gasteiger partial charge in [-0.1, -0.05) is 26.2 Å². The third-order valence-electron chi connectivity index (χ3n) is 2.78. The molecule has 1 unspecified atom stereocenters. The van der Waals surface area contributed by atoms with Crippen LogP contribution in [0.3, 0.4) is 0 Å². The Morgan fingerprint density at radius 3 is 2.72 bits per heavy atom. The Hall–Kier alpha value is 0.230. The number of aliphatic hydroxyl groups excluding tert-OH is 1. The van der Waals surface area contributed by atoms with Crippen molar-refractivity contribution in [1.82, 2.24) is 5.32 Å². The van der Waals surface area contributed by atoms with Gasteiger partial charge in [-0.2, -0.15) is 11.8 Å². The number of thioether (sulfide) groups is 1. The molecule has 0 aliphatic carbocycles. The Morgan fingerprint density at radius 1 is 1.17 bits per heavy atom. The molecule has 4 heteroatoms. The van der Waals surface area contributed by atoms with Gasteiger partial charge < -0.3 is 15.2 Å². The van der Waals surface area contributed by atoms with Gasteiger partial charge in [-0.3, -0.25) is 0 Å². The Labute approximate surface area is 117 Å². The maximum atomic E-state index is 9.66. The second-order valence-electron chi connectivity index (χ2n) is 4.69. The van der Waals surface area contributed by atoms with Gasteiger partial charge in [-0.05, 0) is 37.8 Å². The van der Waals surface area contributed by atoms with Crippen molar-refractivity contribution in [3.63, 3.8) is 0 Å².